The van der Waals surface area contributed by atoms with Crippen LogP contribution in [0.4, 0.5) is 0 Å². The van der Waals surface area contributed by atoms with Gasteiger partial charge in [0, 0.05) is 12.1 Å². The summed E-state index contributed by atoms with van der Waals surface area (Å²) in [7, 11) is 0. The summed E-state index contributed by atoms with van der Waals surface area (Å²) in [5.74, 6) is 0.332. The zero-order valence-electron chi connectivity index (χ0n) is 9.52. The number of benzene rings is 1. The van der Waals surface area contributed by atoms with Crippen molar-refractivity contribution in [2.24, 2.45) is 5.73 Å². The van der Waals surface area contributed by atoms with E-state index in [1.54, 1.807) is 12.1 Å². The van der Waals surface area contributed by atoms with E-state index in [1.807, 2.05) is 12.1 Å². The smallest absolute Gasteiger partial charge is 0.115 e. The van der Waals surface area contributed by atoms with Crippen molar-refractivity contribution in [3.8, 4) is 5.75 Å². The van der Waals surface area contributed by atoms with Gasteiger partial charge in [-0.05, 0) is 49.9 Å². The Morgan fingerprint density at radius 2 is 2.00 bits per heavy atom. The van der Waals surface area contributed by atoms with Crippen molar-refractivity contribution in [1.29, 1.82) is 0 Å². The first-order valence-electron chi connectivity index (χ1n) is 6.01. The highest BCUT2D eigenvalue weighted by Gasteiger charge is 2.20. The summed E-state index contributed by atoms with van der Waals surface area (Å²) < 4.78 is 0. The Balaban J connectivity index is 1.70. The van der Waals surface area contributed by atoms with Gasteiger partial charge in [0.15, 0.2) is 0 Å². The maximum atomic E-state index is 9.15. The molecule has 0 spiro atoms. The fraction of sp³-hybridized carbons (Fsp3) is 0.538. The van der Waals surface area contributed by atoms with Gasteiger partial charge < -0.3 is 16.2 Å². The molecule has 1 saturated carbocycles. The van der Waals surface area contributed by atoms with Crippen LogP contribution in [0, 0.1) is 0 Å². The van der Waals surface area contributed by atoms with Crippen LogP contribution in [-0.4, -0.2) is 23.7 Å². The highest BCUT2D eigenvalue weighted by atomic mass is 16.3. The second-order valence-corrected chi connectivity index (χ2v) is 4.64. The fourth-order valence-corrected chi connectivity index (χ4v) is 2.29. The molecule has 1 aromatic rings. The van der Waals surface area contributed by atoms with Gasteiger partial charge in [0.25, 0.3) is 0 Å². The van der Waals surface area contributed by atoms with Crippen LogP contribution in [0.5, 0.6) is 5.75 Å². The third-order valence-electron chi connectivity index (χ3n) is 3.26. The minimum Gasteiger partial charge on any atom is -0.508 e. The molecule has 0 saturated heterocycles. The van der Waals surface area contributed by atoms with Crippen molar-refractivity contribution >= 4 is 0 Å². The molecule has 0 aliphatic heterocycles. The average molecular weight is 220 g/mol. The first-order chi connectivity index (χ1) is 7.74. The number of aromatic hydroxyl groups is 1. The highest BCUT2D eigenvalue weighted by Crippen LogP contribution is 2.17. The van der Waals surface area contributed by atoms with E-state index in [2.05, 4.69) is 5.32 Å². The summed E-state index contributed by atoms with van der Waals surface area (Å²) in [6, 6.07) is 8.41. The lowest BCUT2D eigenvalue weighted by atomic mass is 10.1. The molecule has 0 heterocycles. The van der Waals surface area contributed by atoms with Gasteiger partial charge in [0.05, 0.1) is 0 Å². The number of rotatable bonds is 4. The summed E-state index contributed by atoms with van der Waals surface area (Å²) in [6.07, 6.45) is 4.47. The lowest BCUT2D eigenvalue weighted by Crippen LogP contribution is -2.30. The molecule has 4 N–H and O–H groups in total. The number of hydrogen-bond donors (Lipinski definition) is 3. The monoisotopic (exact) mass is 220 g/mol. The van der Waals surface area contributed by atoms with E-state index in [4.69, 9.17) is 10.8 Å². The quantitative estimate of drug-likeness (QED) is 0.719. The molecule has 1 aliphatic carbocycles. The third-order valence-corrected chi connectivity index (χ3v) is 3.26. The lowest BCUT2D eigenvalue weighted by Gasteiger charge is -2.12. The predicted molar refractivity (Wildman–Crippen MR) is 65.4 cm³/mol. The van der Waals surface area contributed by atoms with Crippen LogP contribution in [0.25, 0.3) is 0 Å². The molecular formula is C13H20N2O. The van der Waals surface area contributed by atoms with Gasteiger partial charge in [0.2, 0.25) is 0 Å². The van der Waals surface area contributed by atoms with Gasteiger partial charge in [0.1, 0.15) is 5.75 Å². The first kappa shape index (κ1) is 11.4. The van der Waals surface area contributed by atoms with Gasteiger partial charge in [-0.2, -0.15) is 0 Å². The van der Waals surface area contributed by atoms with Gasteiger partial charge in [-0.25, -0.2) is 0 Å². The van der Waals surface area contributed by atoms with Crippen molar-refractivity contribution < 1.29 is 5.11 Å². The number of phenolic OH excluding ortho intramolecular Hbond substituents is 1. The molecular weight excluding hydrogens is 200 g/mol. The molecule has 2 rings (SSSR count). The third kappa shape index (κ3) is 3.22. The molecule has 3 nitrogen and oxygen atoms in total. The molecule has 2 atom stereocenters. The van der Waals surface area contributed by atoms with Crippen molar-refractivity contribution in [2.75, 3.05) is 6.54 Å². The van der Waals surface area contributed by atoms with Crippen LogP contribution in [-0.2, 0) is 6.42 Å². The van der Waals surface area contributed by atoms with E-state index < -0.39 is 0 Å². The Bertz CT molecular complexity index is 323. The maximum Gasteiger partial charge on any atom is 0.115 e. The number of phenols is 1. The van der Waals surface area contributed by atoms with Crippen LogP contribution in [0.15, 0.2) is 24.3 Å². The predicted octanol–water partition coefficient (Wildman–Crippen LogP) is 1.40. The van der Waals surface area contributed by atoms with E-state index in [0.29, 0.717) is 17.8 Å². The standard InChI is InChI=1S/C13H20N2O/c14-11-3-4-12(9-11)15-8-7-10-1-5-13(16)6-2-10/h1-2,5-6,11-12,15-16H,3-4,7-9,14H2. The van der Waals surface area contributed by atoms with Gasteiger partial charge in [-0.3, -0.25) is 0 Å². The number of nitrogens with two attached hydrogens (primary N) is 1. The molecule has 0 amide bonds. The minimum absolute atomic E-state index is 0.332. The van der Waals surface area contributed by atoms with E-state index in [0.717, 1.165) is 25.8 Å². The van der Waals surface area contributed by atoms with Crippen molar-refractivity contribution in [3.63, 3.8) is 0 Å². The van der Waals surface area contributed by atoms with E-state index in [1.165, 1.54) is 12.0 Å². The van der Waals surface area contributed by atoms with Gasteiger partial charge in [-0.1, -0.05) is 12.1 Å². The van der Waals surface area contributed by atoms with Crippen molar-refractivity contribution in [3.05, 3.63) is 29.8 Å². The molecule has 1 aliphatic rings. The van der Waals surface area contributed by atoms with Crippen LogP contribution in [0.3, 0.4) is 0 Å². The summed E-state index contributed by atoms with van der Waals surface area (Å²) in [5.41, 5.74) is 7.11. The van der Waals surface area contributed by atoms with E-state index in [9.17, 15) is 0 Å². The Morgan fingerprint density at radius 1 is 1.25 bits per heavy atom. The lowest BCUT2D eigenvalue weighted by molar-refractivity contribution is 0.475. The van der Waals surface area contributed by atoms with Gasteiger partial charge in [-0.15, -0.1) is 0 Å². The molecule has 0 radical (unpaired) electrons. The molecule has 1 aromatic carbocycles. The zero-order chi connectivity index (χ0) is 11.4. The summed E-state index contributed by atoms with van der Waals surface area (Å²) >= 11 is 0. The van der Waals surface area contributed by atoms with Crippen LogP contribution in [0.2, 0.25) is 0 Å². The fourth-order valence-electron chi connectivity index (χ4n) is 2.29. The number of nitrogens with one attached hydrogen (secondary N) is 1. The largest absolute Gasteiger partial charge is 0.508 e. The van der Waals surface area contributed by atoms with E-state index >= 15 is 0 Å². The SMILES string of the molecule is NC1CCC(NCCc2ccc(O)cc2)C1. The Kier molecular flexibility index (Phi) is 3.80. The Hall–Kier alpha value is -1.06. The second kappa shape index (κ2) is 5.32. The molecule has 3 heteroatoms. The molecule has 16 heavy (non-hydrogen) atoms. The molecule has 0 aromatic heterocycles. The van der Waals surface area contributed by atoms with Crippen molar-refractivity contribution in [1.82, 2.24) is 5.32 Å². The zero-order valence-corrected chi connectivity index (χ0v) is 9.52. The summed E-state index contributed by atoms with van der Waals surface area (Å²) in [4.78, 5) is 0. The molecule has 88 valence electrons. The normalized spacial score (nSPS) is 24.8. The Labute approximate surface area is 96.7 Å². The topological polar surface area (TPSA) is 58.3 Å². The highest BCUT2D eigenvalue weighted by molar-refractivity contribution is 5.25. The van der Waals surface area contributed by atoms with Crippen molar-refractivity contribution in [2.45, 2.75) is 37.8 Å². The molecule has 1 fully saturated rings. The first-order valence-corrected chi connectivity index (χ1v) is 6.01. The average Bonchev–Trinajstić information content (AvgIpc) is 2.67. The summed E-state index contributed by atoms with van der Waals surface area (Å²) in [6.45, 7) is 0.988. The van der Waals surface area contributed by atoms with Crippen LogP contribution in [0.1, 0.15) is 24.8 Å². The second-order valence-electron chi connectivity index (χ2n) is 4.64. The van der Waals surface area contributed by atoms with E-state index in [-0.39, 0.29) is 0 Å². The summed E-state index contributed by atoms with van der Waals surface area (Å²) in [5, 5.41) is 12.7. The Morgan fingerprint density at radius 3 is 2.62 bits per heavy atom. The van der Waals surface area contributed by atoms with Crippen LogP contribution >= 0.6 is 0 Å². The maximum absolute atomic E-state index is 9.15. The van der Waals surface area contributed by atoms with Crippen LogP contribution < -0.4 is 11.1 Å². The molecule has 2 unspecified atom stereocenters. The number of hydrogen-bond acceptors (Lipinski definition) is 3. The molecule has 0 bridgehead atoms. The minimum atomic E-state index is 0.332. The van der Waals surface area contributed by atoms with Gasteiger partial charge >= 0.3 is 0 Å².